The standard InChI is InChI=1S/C25H22F3N5O3/c1-15(18-7-4-8-19(23(18)26)25(27,28)14-34)29-24(36)21-9-10-22(35)33(31-21)17-6-3-5-16(13-17)20-11-12-32(2)30-20/h3-13,15,34H,14H2,1-2H3,(H,29,36)/t15-/m1/s1. The lowest BCUT2D eigenvalue weighted by Gasteiger charge is -2.20. The summed E-state index contributed by atoms with van der Waals surface area (Å²) < 4.78 is 45.2. The predicted octanol–water partition coefficient (Wildman–Crippen LogP) is 3.35. The van der Waals surface area contributed by atoms with Gasteiger partial charge in [-0.25, -0.2) is 4.39 Å². The summed E-state index contributed by atoms with van der Waals surface area (Å²) in [5.41, 5.74) is 0.0420. The molecule has 8 nitrogen and oxygen atoms in total. The lowest BCUT2D eigenvalue weighted by Crippen LogP contribution is -2.31. The molecule has 0 bridgehead atoms. The second-order valence-corrected chi connectivity index (χ2v) is 8.16. The summed E-state index contributed by atoms with van der Waals surface area (Å²) in [6.07, 6.45) is 1.78. The van der Waals surface area contributed by atoms with Crippen molar-refractivity contribution in [2.45, 2.75) is 18.9 Å². The maximum absolute atomic E-state index is 14.8. The van der Waals surface area contributed by atoms with Crippen LogP contribution in [0.3, 0.4) is 0 Å². The number of rotatable bonds is 7. The molecule has 0 aliphatic heterocycles. The summed E-state index contributed by atoms with van der Waals surface area (Å²) in [7, 11) is 1.78. The van der Waals surface area contributed by atoms with E-state index < -0.39 is 41.4 Å². The van der Waals surface area contributed by atoms with Gasteiger partial charge in [0.2, 0.25) is 0 Å². The molecule has 186 valence electrons. The van der Waals surface area contributed by atoms with Crippen LogP contribution in [0.15, 0.2) is 71.7 Å². The van der Waals surface area contributed by atoms with Crippen LogP contribution in [0, 0.1) is 5.82 Å². The number of benzene rings is 2. The molecule has 0 saturated heterocycles. The third-order valence-electron chi connectivity index (χ3n) is 5.57. The zero-order valence-electron chi connectivity index (χ0n) is 19.3. The molecule has 4 rings (SSSR count). The fraction of sp³-hybridized carbons (Fsp3) is 0.200. The van der Waals surface area contributed by atoms with Gasteiger partial charge in [0.05, 0.1) is 23.0 Å². The van der Waals surface area contributed by atoms with Gasteiger partial charge in [-0.1, -0.05) is 24.3 Å². The smallest absolute Gasteiger partial charge is 0.298 e. The third kappa shape index (κ3) is 4.91. The van der Waals surface area contributed by atoms with Gasteiger partial charge in [-0.2, -0.15) is 23.7 Å². The van der Waals surface area contributed by atoms with Crippen LogP contribution >= 0.6 is 0 Å². The Morgan fingerprint density at radius 2 is 1.86 bits per heavy atom. The second-order valence-electron chi connectivity index (χ2n) is 8.16. The number of amides is 1. The fourth-order valence-corrected chi connectivity index (χ4v) is 3.68. The van der Waals surface area contributed by atoms with Crippen LogP contribution in [0.1, 0.15) is 34.6 Å². The van der Waals surface area contributed by atoms with Crippen LogP contribution in [0.2, 0.25) is 0 Å². The van der Waals surface area contributed by atoms with Crippen molar-refractivity contribution in [1.29, 1.82) is 0 Å². The first-order valence-electron chi connectivity index (χ1n) is 10.9. The number of halogens is 3. The molecule has 0 unspecified atom stereocenters. The molecule has 0 spiro atoms. The number of hydrogen-bond donors (Lipinski definition) is 2. The van der Waals surface area contributed by atoms with Gasteiger partial charge in [-0.15, -0.1) is 0 Å². The molecule has 0 fully saturated rings. The van der Waals surface area contributed by atoms with Gasteiger partial charge in [0.25, 0.3) is 17.4 Å². The Balaban J connectivity index is 1.61. The number of aliphatic hydroxyl groups is 1. The lowest BCUT2D eigenvalue weighted by atomic mass is 10.0. The highest BCUT2D eigenvalue weighted by Crippen LogP contribution is 2.32. The predicted molar refractivity (Wildman–Crippen MR) is 125 cm³/mol. The highest BCUT2D eigenvalue weighted by atomic mass is 19.3. The first-order chi connectivity index (χ1) is 17.1. The third-order valence-corrected chi connectivity index (χ3v) is 5.57. The van der Waals surface area contributed by atoms with Gasteiger partial charge in [0, 0.05) is 30.4 Å². The average Bonchev–Trinajstić information content (AvgIpc) is 3.30. The Hall–Kier alpha value is -4.25. The number of hydrogen-bond acceptors (Lipinski definition) is 5. The molecule has 2 aromatic carbocycles. The number of carbonyl (C=O) groups excluding carboxylic acids is 1. The Kier molecular flexibility index (Phi) is 6.75. The molecule has 2 heterocycles. The molecule has 1 atom stereocenters. The van der Waals surface area contributed by atoms with Crippen molar-refractivity contribution in [1.82, 2.24) is 24.9 Å². The maximum atomic E-state index is 14.8. The van der Waals surface area contributed by atoms with Gasteiger partial charge in [0.1, 0.15) is 18.1 Å². The van der Waals surface area contributed by atoms with Gasteiger partial charge in [-0.3, -0.25) is 14.3 Å². The Bertz CT molecular complexity index is 1480. The highest BCUT2D eigenvalue weighted by molar-refractivity contribution is 5.92. The highest BCUT2D eigenvalue weighted by Gasteiger charge is 2.35. The number of aliphatic hydroxyl groups excluding tert-OH is 1. The molecule has 36 heavy (non-hydrogen) atoms. The topological polar surface area (TPSA) is 102 Å². The van der Waals surface area contributed by atoms with Gasteiger partial charge in [0.15, 0.2) is 0 Å². The van der Waals surface area contributed by atoms with Crippen molar-refractivity contribution < 1.29 is 23.1 Å². The van der Waals surface area contributed by atoms with Crippen LogP contribution in [0.5, 0.6) is 0 Å². The van der Waals surface area contributed by atoms with E-state index in [0.29, 0.717) is 11.4 Å². The van der Waals surface area contributed by atoms with E-state index in [9.17, 15) is 22.8 Å². The van der Waals surface area contributed by atoms with Crippen LogP contribution in [0.4, 0.5) is 13.2 Å². The summed E-state index contributed by atoms with van der Waals surface area (Å²) in [5.74, 6) is -5.74. The average molecular weight is 497 g/mol. The first kappa shape index (κ1) is 24.9. The molecule has 2 N–H and O–H groups in total. The first-order valence-corrected chi connectivity index (χ1v) is 10.9. The Morgan fingerprint density at radius 3 is 2.56 bits per heavy atom. The molecular weight excluding hydrogens is 475 g/mol. The molecule has 4 aromatic rings. The van der Waals surface area contributed by atoms with Crippen LogP contribution in [-0.2, 0) is 13.0 Å². The largest absolute Gasteiger partial charge is 0.390 e. The zero-order chi connectivity index (χ0) is 26.0. The Morgan fingerprint density at radius 1 is 1.11 bits per heavy atom. The molecule has 1 amide bonds. The summed E-state index contributed by atoms with van der Waals surface area (Å²) in [5, 5.41) is 19.9. The SMILES string of the molecule is C[C@@H](NC(=O)c1ccc(=O)n(-c2cccc(-c3ccn(C)n3)c2)n1)c1cccc(C(F)(F)CO)c1F. The van der Waals surface area contributed by atoms with E-state index >= 15 is 0 Å². The number of nitrogens with one attached hydrogen (secondary N) is 1. The zero-order valence-corrected chi connectivity index (χ0v) is 19.3. The minimum Gasteiger partial charge on any atom is -0.390 e. The monoisotopic (exact) mass is 497 g/mol. The van der Waals surface area contributed by atoms with Gasteiger partial charge < -0.3 is 10.4 Å². The number of aryl methyl sites for hydroxylation is 1. The van der Waals surface area contributed by atoms with Crippen molar-refractivity contribution in [3.63, 3.8) is 0 Å². The fourth-order valence-electron chi connectivity index (χ4n) is 3.68. The van der Waals surface area contributed by atoms with Crippen molar-refractivity contribution >= 4 is 5.91 Å². The van der Waals surface area contributed by atoms with E-state index in [4.69, 9.17) is 5.11 Å². The van der Waals surface area contributed by atoms with E-state index in [1.54, 1.807) is 36.1 Å². The molecule has 0 radical (unpaired) electrons. The van der Waals surface area contributed by atoms with E-state index in [0.717, 1.165) is 16.3 Å². The van der Waals surface area contributed by atoms with Crippen molar-refractivity contribution in [2.24, 2.45) is 7.05 Å². The molecular formula is C25H22F3N5O3. The summed E-state index contributed by atoms with van der Waals surface area (Å²) in [6, 6.07) is 13.4. The molecule has 0 aliphatic rings. The van der Waals surface area contributed by atoms with Crippen molar-refractivity contribution in [3.8, 4) is 16.9 Å². The quantitative estimate of drug-likeness (QED) is 0.408. The molecule has 11 heteroatoms. The van der Waals surface area contributed by atoms with Crippen molar-refractivity contribution in [2.75, 3.05) is 6.61 Å². The minimum atomic E-state index is -3.77. The Labute approximate surface area is 203 Å². The maximum Gasteiger partial charge on any atom is 0.298 e. The van der Waals surface area contributed by atoms with Crippen molar-refractivity contribution in [3.05, 3.63) is 99.9 Å². The summed E-state index contributed by atoms with van der Waals surface area (Å²) in [6.45, 7) is -0.134. The molecule has 0 aliphatic carbocycles. The normalized spacial score (nSPS) is 12.4. The summed E-state index contributed by atoms with van der Waals surface area (Å²) in [4.78, 5) is 25.4. The lowest BCUT2D eigenvalue weighted by molar-refractivity contribution is -0.0584. The van der Waals surface area contributed by atoms with Gasteiger partial charge >= 0.3 is 0 Å². The summed E-state index contributed by atoms with van der Waals surface area (Å²) >= 11 is 0. The van der Waals surface area contributed by atoms with Crippen LogP contribution in [0.25, 0.3) is 16.9 Å². The van der Waals surface area contributed by atoms with Gasteiger partial charge in [-0.05, 0) is 37.3 Å². The minimum absolute atomic E-state index is 0.137. The molecule has 0 saturated carbocycles. The van der Waals surface area contributed by atoms with E-state index in [1.165, 1.54) is 31.2 Å². The number of alkyl halides is 2. The van der Waals surface area contributed by atoms with Crippen LogP contribution < -0.4 is 10.9 Å². The van der Waals surface area contributed by atoms with Crippen LogP contribution in [-0.4, -0.2) is 37.2 Å². The van der Waals surface area contributed by atoms with E-state index in [-0.39, 0.29) is 11.3 Å². The second kappa shape index (κ2) is 9.78. The number of nitrogens with zero attached hydrogens (tertiary/aromatic N) is 4. The molecule has 2 aromatic heterocycles. The number of carbonyl (C=O) groups is 1. The number of aromatic nitrogens is 4. The van der Waals surface area contributed by atoms with E-state index in [2.05, 4.69) is 15.5 Å². The van der Waals surface area contributed by atoms with E-state index in [1.807, 2.05) is 12.1 Å².